The first-order chi connectivity index (χ1) is 12.3. The van der Waals surface area contributed by atoms with Crippen LogP contribution < -0.4 is 9.47 Å². The smallest absolute Gasteiger partial charge is 0.397 e. The Morgan fingerprint density at radius 3 is 2.42 bits per heavy atom. The molecule has 4 atom stereocenters. The number of para-hydroxylation sites is 2. The highest BCUT2D eigenvalue weighted by Gasteiger charge is 2.45. The van der Waals surface area contributed by atoms with Crippen molar-refractivity contribution in [1.29, 1.82) is 0 Å². The Kier molecular flexibility index (Phi) is 5.32. The Morgan fingerprint density at radius 1 is 1.19 bits per heavy atom. The second kappa shape index (κ2) is 7.34. The number of hydrogen-bond donors (Lipinski definition) is 1. The Labute approximate surface area is 149 Å². The molecule has 1 heterocycles. The molecule has 0 unspecified atom stereocenters. The summed E-state index contributed by atoms with van der Waals surface area (Å²) in [6, 6.07) is 7.09. The number of carbonyl (C=O) groups is 1. The lowest BCUT2D eigenvalue weighted by Crippen LogP contribution is -2.42. The van der Waals surface area contributed by atoms with E-state index >= 15 is 0 Å². The van der Waals surface area contributed by atoms with Gasteiger partial charge in [0.25, 0.3) is 0 Å². The highest BCUT2D eigenvalue weighted by molar-refractivity contribution is 5.77. The van der Waals surface area contributed by atoms with Crippen molar-refractivity contribution < 1.29 is 32.5 Å². The molecular weight excluding hydrogens is 351 g/mol. The molecule has 26 heavy (non-hydrogen) atoms. The molecule has 0 spiro atoms. The van der Waals surface area contributed by atoms with Gasteiger partial charge in [0.1, 0.15) is 12.5 Å². The van der Waals surface area contributed by atoms with Crippen molar-refractivity contribution >= 4 is 5.91 Å². The van der Waals surface area contributed by atoms with Gasteiger partial charge in [0.2, 0.25) is 5.91 Å². The molecule has 5 nitrogen and oxygen atoms in total. The number of nitrogens with zero attached hydrogens (tertiary/aromatic N) is 1. The van der Waals surface area contributed by atoms with Gasteiger partial charge in [0.05, 0.1) is 13.2 Å². The van der Waals surface area contributed by atoms with Gasteiger partial charge in [-0.15, -0.1) is 0 Å². The van der Waals surface area contributed by atoms with E-state index in [-0.39, 0.29) is 24.9 Å². The van der Waals surface area contributed by atoms with Crippen LogP contribution in [0.15, 0.2) is 24.3 Å². The zero-order valence-corrected chi connectivity index (χ0v) is 14.4. The van der Waals surface area contributed by atoms with Gasteiger partial charge >= 0.3 is 6.18 Å². The van der Waals surface area contributed by atoms with E-state index in [0.717, 1.165) is 0 Å². The molecule has 1 aliphatic carbocycles. The third-order valence-corrected chi connectivity index (χ3v) is 5.14. The third kappa shape index (κ3) is 4.23. The summed E-state index contributed by atoms with van der Waals surface area (Å²) in [5.74, 6) is 0.189. The molecule has 1 aromatic carbocycles. The van der Waals surface area contributed by atoms with Crippen molar-refractivity contribution in [3.63, 3.8) is 0 Å². The number of fused-ring (bicyclic) bond motifs is 1. The SMILES string of the molecule is COc1ccccc1O[C@@H]1C[C@@H]2CN(C(=O)CC(F)(F)F)C[C@@H]2C[C@H]1O. The van der Waals surface area contributed by atoms with Gasteiger partial charge in [-0.3, -0.25) is 4.79 Å². The highest BCUT2D eigenvalue weighted by atomic mass is 19.4. The molecule has 2 fully saturated rings. The van der Waals surface area contributed by atoms with Crippen LogP contribution in [0.3, 0.4) is 0 Å². The number of ether oxygens (including phenoxy) is 2. The van der Waals surface area contributed by atoms with Crippen LogP contribution in [0.2, 0.25) is 0 Å². The van der Waals surface area contributed by atoms with Crippen LogP contribution in [-0.4, -0.2) is 54.5 Å². The average Bonchev–Trinajstić information content (AvgIpc) is 2.97. The van der Waals surface area contributed by atoms with Crippen molar-refractivity contribution in [2.45, 2.75) is 37.6 Å². The molecule has 2 aliphatic rings. The Balaban J connectivity index is 1.63. The summed E-state index contributed by atoms with van der Waals surface area (Å²) in [6.45, 7) is 0.538. The molecule has 1 saturated heterocycles. The van der Waals surface area contributed by atoms with E-state index < -0.39 is 30.7 Å². The van der Waals surface area contributed by atoms with Gasteiger partial charge < -0.3 is 19.5 Å². The number of benzene rings is 1. The summed E-state index contributed by atoms with van der Waals surface area (Å²) in [4.78, 5) is 13.1. The van der Waals surface area contributed by atoms with Crippen LogP contribution in [0, 0.1) is 11.8 Å². The average molecular weight is 373 g/mol. The number of halogens is 3. The maximum Gasteiger partial charge on any atom is 0.397 e. The minimum absolute atomic E-state index is 0.000275. The number of aliphatic hydroxyl groups excluding tert-OH is 1. The molecule has 0 bridgehead atoms. The molecule has 1 aromatic rings. The number of carbonyl (C=O) groups excluding carboxylic acids is 1. The van der Waals surface area contributed by atoms with Crippen LogP contribution in [0.1, 0.15) is 19.3 Å². The number of amides is 1. The van der Waals surface area contributed by atoms with E-state index in [1.807, 2.05) is 0 Å². The molecule has 0 aromatic heterocycles. The van der Waals surface area contributed by atoms with E-state index in [1.165, 1.54) is 12.0 Å². The number of methoxy groups -OCH3 is 1. The zero-order chi connectivity index (χ0) is 18.9. The fourth-order valence-electron chi connectivity index (χ4n) is 3.88. The molecule has 3 rings (SSSR count). The van der Waals surface area contributed by atoms with Crippen molar-refractivity contribution in [2.24, 2.45) is 11.8 Å². The van der Waals surface area contributed by atoms with E-state index in [0.29, 0.717) is 24.3 Å². The molecule has 144 valence electrons. The molecule has 1 saturated carbocycles. The summed E-state index contributed by atoms with van der Waals surface area (Å²) in [7, 11) is 1.52. The van der Waals surface area contributed by atoms with E-state index in [2.05, 4.69) is 0 Å². The van der Waals surface area contributed by atoms with Gasteiger partial charge in [-0.25, -0.2) is 0 Å². The van der Waals surface area contributed by atoms with Gasteiger partial charge in [-0.05, 0) is 36.8 Å². The van der Waals surface area contributed by atoms with Gasteiger partial charge in [-0.2, -0.15) is 13.2 Å². The maximum atomic E-state index is 12.4. The fourth-order valence-corrected chi connectivity index (χ4v) is 3.88. The second-order valence-electron chi connectivity index (χ2n) is 6.96. The van der Waals surface area contributed by atoms with E-state index in [9.17, 15) is 23.1 Å². The Hall–Kier alpha value is -1.96. The largest absolute Gasteiger partial charge is 0.493 e. The third-order valence-electron chi connectivity index (χ3n) is 5.14. The molecular formula is C18H22F3NO4. The number of aliphatic hydroxyl groups is 1. The number of rotatable bonds is 4. The molecule has 0 radical (unpaired) electrons. The first-order valence-electron chi connectivity index (χ1n) is 8.59. The fraction of sp³-hybridized carbons (Fsp3) is 0.611. The quantitative estimate of drug-likeness (QED) is 0.882. The maximum absolute atomic E-state index is 12.4. The predicted octanol–water partition coefficient (Wildman–Crippen LogP) is 2.62. The lowest BCUT2D eigenvalue weighted by Gasteiger charge is -2.35. The first-order valence-corrected chi connectivity index (χ1v) is 8.59. The first kappa shape index (κ1) is 18.8. The van der Waals surface area contributed by atoms with Crippen molar-refractivity contribution in [2.75, 3.05) is 20.2 Å². The molecule has 1 amide bonds. The standard InChI is InChI=1S/C18H22F3NO4/c1-25-14-4-2-3-5-15(14)26-16-7-12-10-22(9-11(12)6-13(16)23)17(24)8-18(19,20)21/h2-5,11-13,16,23H,6-10H2,1H3/t11-,12+,13+,16+/m0/s1. The normalized spacial score (nSPS) is 28.6. The topological polar surface area (TPSA) is 59.0 Å². The number of likely N-dealkylation sites (tertiary alicyclic amines) is 1. The molecule has 8 heteroatoms. The minimum atomic E-state index is -4.50. The Morgan fingerprint density at radius 2 is 1.81 bits per heavy atom. The predicted molar refractivity (Wildman–Crippen MR) is 86.9 cm³/mol. The van der Waals surface area contributed by atoms with Gasteiger partial charge in [0.15, 0.2) is 11.5 Å². The monoisotopic (exact) mass is 373 g/mol. The Bertz CT molecular complexity index is 652. The number of hydrogen-bond acceptors (Lipinski definition) is 4. The lowest BCUT2D eigenvalue weighted by molar-refractivity contribution is -0.160. The van der Waals surface area contributed by atoms with Crippen molar-refractivity contribution in [1.82, 2.24) is 4.90 Å². The van der Waals surface area contributed by atoms with Crippen molar-refractivity contribution in [3.05, 3.63) is 24.3 Å². The van der Waals surface area contributed by atoms with E-state index in [4.69, 9.17) is 9.47 Å². The minimum Gasteiger partial charge on any atom is -0.493 e. The highest BCUT2D eigenvalue weighted by Crippen LogP contribution is 2.39. The van der Waals surface area contributed by atoms with Gasteiger partial charge in [-0.1, -0.05) is 12.1 Å². The molecule has 1 aliphatic heterocycles. The van der Waals surface area contributed by atoms with Crippen LogP contribution >= 0.6 is 0 Å². The summed E-state index contributed by atoms with van der Waals surface area (Å²) < 4.78 is 48.5. The van der Waals surface area contributed by atoms with Crippen LogP contribution in [0.4, 0.5) is 13.2 Å². The van der Waals surface area contributed by atoms with E-state index in [1.54, 1.807) is 24.3 Å². The lowest BCUT2D eigenvalue weighted by atomic mass is 9.78. The summed E-state index contributed by atoms with van der Waals surface area (Å²) in [6.07, 6.45) is -6.26. The zero-order valence-electron chi connectivity index (χ0n) is 14.4. The van der Waals surface area contributed by atoms with Crippen LogP contribution in [-0.2, 0) is 4.79 Å². The van der Waals surface area contributed by atoms with Crippen LogP contribution in [0.25, 0.3) is 0 Å². The second-order valence-corrected chi connectivity index (χ2v) is 6.96. The van der Waals surface area contributed by atoms with Crippen molar-refractivity contribution in [3.8, 4) is 11.5 Å². The number of alkyl halides is 3. The summed E-state index contributed by atoms with van der Waals surface area (Å²) in [5.41, 5.74) is 0. The van der Waals surface area contributed by atoms with Gasteiger partial charge in [0, 0.05) is 13.1 Å². The summed E-state index contributed by atoms with van der Waals surface area (Å²) in [5, 5.41) is 10.4. The summed E-state index contributed by atoms with van der Waals surface area (Å²) >= 11 is 0. The molecule has 1 N–H and O–H groups in total. The van der Waals surface area contributed by atoms with Crippen LogP contribution in [0.5, 0.6) is 11.5 Å².